The Labute approximate surface area is 158 Å². The van der Waals surface area contributed by atoms with Crippen LogP contribution in [-0.2, 0) is 16.0 Å². The molecule has 27 heavy (non-hydrogen) atoms. The molecule has 0 aliphatic heterocycles. The van der Waals surface area contributed by atoms with Gasteiger partial charge in [-0.05, 0) is 42.5 Å². The first kappa shape index (κ1) is 18.8. The molecule has 142 valence electrons. The van der Waals surface area contributed by atoms with Crippen LogP contribution in [0.5, 0.6) is 11.5 Å². The maximum atomic E-state index is 12.3. The molecule has 0 saturated heterocycles. The van der Waals surface area contributed by atoms with Crippen LogP contribution in [-0.4, -0.2) is 32.7 Å². The quantitative estimate of drug-likeness (QED) is 0.792. The van der Waals surface area contributed by atoms with Crippen molar-refractivity contribution in [1.82, 2.24) is 5.32 Å². The van der Waals surface area contributed by atoms with Gasteiger partial charge >= 0.3 is 5.97 Å². The fourth-order valence-electron chi connectivity index (χ4n) is 3.40. The van der Waals surface area contributed by atoms with Gasteiger partial charge in [0, 0.05) is 0 Å². The second-order valence-corrected chi connectivity index (χ2v) is 6.33. The Hall–Kier alpha value is -3.02. The van der Waals surface area contributed by atoms with Crippen molar-refractivity contribution in [2.24, 2.45) is 0 Å². The zero-order valence-electron chi connectivity index (χ0n) is 15.5. The number of carbonyl (C=O) groups excluding carboxylic acids is 2. The third kappa shape index (κ3) is 4.22. The highest BCUT2D eigenvalue weighted by molar-refractivity contribution is 5.95. The van der Waals surface area contributed by atoms with E-state index in [0.29, 0.717) is 5.75 Å². The lowest BCUT2D eigenvalue weighted by molar-refractivity contribution is -0.125. The van der Waals surface area contributed by atoms with Gasteiger partial charge in [0.25, 0.3) is 5.91 Å². The molecule has 1 N–H and O–H groups in total. The van der Waals surface area contributed by atoms with Gasteiger partial charge in [0.05, 0.1) is 20.3 Å². The largest absolute Gasteiger partial charge is 0.493 e. The molecular weight excluding hydrogens is 346 g/mol. The molecule has 0 saturated carbocycles. The van der Waals surface area contributed by atoms with Crippen molar-refractivity contribution in [3.63, 3.8) is 0 Å². The van der Waals surface area contributed by atoms with Gasteiger partial charge in [0.1, 0.15) is 5.56 Å². The summed E-state index contributed by atoms with van der Waals surface area (Å²) in [7, 11) is 2.93. The number of rotatable bonds is 6. The summed E-state index contributed by atoms with van der Waals surface area (Å²) >= 11 is 0. The van der Waals surface area contributed by atoms with Gasteiger partial charge in [0.15, 0.2) is 18.1 Å². The lowest BCUT2D eigenvalue weighted by Crippen LogP contribution is -2.34. The first-order valence-corrected chi connectivity index (χ1v) is 8.89. The molecule has 3 rings (SSSR count). The summed E-state index contributed by atoms with van der Waals surface area (Å²) in [6.07, 6.45) is 2.91. The maximum Gasteiger partial charge on any atom is 0.342 e. The number of fused-ring (bicyclic) bond motifs is 1. The predicted octanol–water partition coefficient (Wildman–Crippen LogP) is 3.05. The van der Waals surface area contributed by atoms with E-state index in [2.05, 4.69) is 11.4 Å². The molecule has 0 aromatic heterocycles. The van der Waals surface area contributed by atoms with E-state index in [-0.39, 0.29) is 29.9 Å². The van der Waals surface area contributed by atoms with Crippen LogP contribution >= 0.6 is 0 Å². The van der Waals surface area contributed by atoms with Gasteiger partial charge in [0.2, 0.25) is 0 Å². The Kier molecular flexibility index (Phi) is 5.96. The van der Waals surface area contributed by atoms with Gasteiger partial charge < -0.3 is 19.5 Å². The van der Waals surface area contributed by atoms with Crippen LogP contribution in [0.25, 0.3) is 0 Å². The van der Waals surface area contributed by atoms with E-state index < -0.39 is 5.97 Å². The molecule has 1 aliphatic rings. The Morgan fingerprint density at radius 3 is 2.67 bits per heavy atom. The summed E-state index contributed by atoms with van der Waals surface area (Å²) in [5, 5.41) is 2.96. The molecule has 0 heterocycles. The number of hydrogen-bond donors (Lipinski definition) is 1. The van der Waals surface area contributed by atoms with Crippen LogP contribution in [0.4, 0.5) is 0 Å². The lowest BCUT2D eigenvalue weighted by atomic mass is 9.88. The third-order valence-corrected chi connectivity index (χ3v) is 4.66. The minimum Gasteiger partial charge on any atom is -0.493 e. The molecule has 2 aromatic carbocycles. The molecule has 0 radical (unpaired) electrons. The van der Waals surface area contributed by atoms with Gasteiger partial charge in [-0.25, -0.2) is 4.79 Å². The number of amides is 1. The van der Waals surface area contributed by atoms with Crippen LogP contribution in [0.3, 0.4) is 0 Å². The topological polar surface area (TPSA) is 73.9 Å². The highest BCUT2D eigenvalue weighted by Gasteiger charge is 2.23. The van der Waals surface area contributed by atoms with Crippen LogP contribution in [0.15, 0.2) is 42.5 Å². The number of esters is 1. The molecule has 0 unspecified atom stereocenters. The first-order chi connectivity index (χ1) is 13.1. The highest BCUT2D eigenvalue weighted by atomic mass is 16.5. The van der Waals surface area contributed by atoms with E-state index in [9.17, 15) is 9.59 Å². The Bertz CT molecular complexity index is 833. The van der Waals surface area contributed by atoms with E-state index in [0.717, 1.165) is 24.8 Å². The van der Waals surface area contributed by atoms with E-state index >= 15 is 0 Å². The summed E-state index contributed by atoms with van der Waals surface area (Å²) < 4.78 is 15.6. The average molecular weight is 369 g/mol. The minimum atomic E-state index is -0.634. The Balaban J connectivity index is 1.61. The van der Waals surface area contributed by atoms with Crippen molar-refractivity contribution >= 4 is 11.9 Å². The first-order valence-electron chi connectivity index (χ1n) is 8.89. The number of para-hydroxylation sites is 1. The molecule has 0 bridgehead atoms. The van der Waals surface area contributed by atoms with Gasteiger partial charge in [-0.1, -0.05) is 30.3 Å². The molecule has 1 amide bonds. The second-order valence-electron chi connectivity index (χ2n) is 6.33. The zero-order chi connectivity index (χ0) is 19.2. The van der Waals surface area contributed by atoms with Crippen LogP contribution < -0.4 is 14.8 Å². The van der Waals surface area contributed by atoms with E-state index in [1.54, 1.807) is 18.2 Å². The molecule has 1 atom stereocenters. The van der Waals surface area contributed by atoms with Crippen molar-refractivity contribution in [3.05, 3.63) is 59.2 Å². The maximum absolute atomic E-state index is 12.3. The monoisotopic (exact) mass is 369 g/mol. The number of carbonyl (C=O) groups is 2. The Morgan fingerprint density at radius 2 is 1.89 bits per heavy atom. The lowest BCUT2D eigenvalue weighted by Gasteiger charge is -2.26. The molecule has 6 heteroatoms. The summed E-state index contributed by atoms with van der Waals surface area (Å²) in [5.41, 5.74) is 2.61. The van der Waals surface area contributed by atoms with E-state index in [1.165, 1.54) is 19.8 Å². The number of methoxy groups -OCH3 is 2. The van der Waals surface area contributed by atoms with Gasteiger partial charge in [-0.15, -0.1) is 0 Å². The third-order valence-electron chi connectivity index (χ3n) is 4.66. The minimum absolute atomic E-state index is 0.0486. The number of benzene rings is 2. The van der Waals surface area contributed by atoms with Crippen molar-refractivity contribution in [2.75, 3.05) is 20.8 Å². The summed E-state index contributed by atoms with van der Waals surface area (Å²) in [5.74, 6) is -0.251. The molecule has 0 fully saturated rings. The SMILES string of the molecule is COc1cccc(C(=O)OCC(=O)N[C@@H]2CCCc3ccccc32)c1OC. The summed E-state index contributed by atoms with van der Waals surface area (Å²) in [6, 6.07) is 13.0. The van der Waals surface area contributed by atoms with Crippen molar-refractivity contribution in [1.29, 1.82) is 0 Å². The van der Waals surface area contributed by atoms with E-state index in [4.69, 9.17) is 14.2 Å². The van der Waals surface area contributed by atoms with Crippen LogP contribution in [0.1, 0.15) is 40.4 Å². The van der Waals surface area contributed by atoms with Crippen LogP contribution in [0, 0.1) is 0 Å². The standard InChI is InChI=1S/C21H23NO5/c1-25-18-12-6-10-16(20(18)26-2)21(24)27-13-19(23)22-17-11-5-8-14-7-3-4-9-15(14)17/h3-4,6-7,9-10,12,17H,5,8,11,13H2,1-2H3,(H,22,23)/t17-/m1/s1. The van der Waals surface area contributed by atoms with Gasteiger partial charge in [-0.2, -0.15) is 0 Å². The summed E-state index contributed by atoms with van der Waals surface area (Å²) in [6.45, 7) is -0.349. The average Bonchev–Trinajstić information content (AvgIpc) is 2.71. The van der Waals surface area contributed by atoms with Crippen molar-refractivity contribution in [3.8, 4) is 11.5 Å². The summed E-state index contributed by atoms with van der Waals surface area (Å²) in [4.78, 5) is 24.6. The number of hydrogen-bond acceptors (Lipinski definition) is 5. The van der Waals surface area contributed by atoms with Gasteiger partial charge in [-0.3, -0.25) is 4.79 Å². The van der Waals surface area contributed by atoms with Crippen molar-refractivity contribution in [2.45, 2.75) is 25.3 Å². The second kappa shape index (κ2) is 8.58. The predicted molar refractivity (Wildman–Crippen MR) is 100 cm³/mol. The fraction of sp³-hybridized carbons (Fsp3) is 0.333. The normalized spacial score (nSPS) is 15.4. The molecule has 2 aromatic rings. The number of ether oxygens (including phenoxy) is 3. The smallest absolute Gasteiger partial charge is 0.342 e. The molecule has 0 spiro atoms. The molecular formula is C21H23NO5. The molecule has 6 nitrogen and oxygen atoms in total. The zero-order valence-corrected chi connectivity index (χ0v) is 15.5. The molecule has 1 aliphatic carbocycles. The van der Waals surface area contributed by atoms with Crippen LogP contribution in [0.2, 0.25) is 0 Å². The van der Waals surface area contributed by atoms with Crippen molar-refractivity contribution < 1.29 is 23.8 Å². The highest BCUT2D eigenvalue weighted by Crippen LogP contribution is 2.31. The van der Waals surface area contributed by atoms with E-state index in [1.807, 2.05) is 18.2 Å². The number of aryl methyl sites for hydroxylation is 1. The fourth-order valence-corrected chi connectivity index (χ4v) is 3.40. The Morgan fingerprint density at radius 1 is 1.07 bits per heavy atom. The number of nitrogens with one attached hydrogen (secondary N) is 1.